The highest BCUT2D eigenvalue weighted by atomic mass is 32.2. The van der Waals surface area contributed by atoms with Gasteiger partial charge in [0.05, 0.1) is 6.54 Å². The van der Waals surface area contributed by atoms with Crippen molar-refractivity contribution in [3.05, 3.63) is 113 Å². The van der Waals surface area contributed by atoms with E-state index < -0.39 is 0 Å². The highest BCUT2D eigenvalue weighted by Gasteiger charge is 2.46. The Morgan fingerprint density at radius 3 is 2.37 bits per heavy atom. The molecular weight excluding hydrogens is 562 g/mol. The second-order valence-corrected chi connectivity index (χ2v) is 12.7. The topological polar surface area (TPSA) is 50.2 Å². The fourth-order valence-electron chi connectivity index (χ4n) is 5.92. The first-order valence-corrected chi connectivity index (χ1v) is 15.9. The van der Waals surface area contributed by atoms with Crippen LogP contribution < -0.4 is 9.62 Å². The average Bonchev–Trinajstić information content (AvgIpc) is 3.71. The SMILES string of the molecule is CC.Cn1ccnc1CN(C(=O)[C@H]1C[C@@H]1c1ccc(F)cc1)c1ccc2c(c1)C(NSc1ccc(F)cc1)CCC2(C)C. The van der Waals surface area contributed by atoms with Gasteiger partial charge in [0.1, 0.15) is 17.5 Å². The molecule has 1 saturated carbocycles. The van der Waals surface area contributed by atoms with E-state index in [2.05, 4.69) is 41.8 Å². The zero-order valence-electron chi connectivity index (χ0n) is 25.5. The minimum Gasteiger partial charge on any atom is -0.337 e. The summed E-state index contributed by atoms with van der Waals surface area (Å²) in [6, 6.07) is 19.5. The maximum absolute atomic E-state index is 14.1. The number of hydrogen-bond donors (Lipinski definition) is 1. The second-order valence-electron chi connectivity index (χ2n) is 11.8. The number of benzene rings is 3. The molecule has 5 nitrogen and oxygen atoms in total. The number of fused-ring (bicyclic) bond motifs is 1. The minimum absolute atomic E-state index is 0.00523. The van der Waals surface area contributed by atoms with E-state index in [0.717, 1.165) is 41.2 Å². The average molecular weight is 603 g/mol. The van der Waals surface area contributed by atoms with Crippen LogP contribution in [0.4, 0.5) is 14.5 Å². The number of halogens is 2. The van der Waals surface area contributed by atoms with Crippen LogP contribution in [0.1, 0.15) is 81.4 Å². The van der Waals surface area contributed by atoms with Gasteiger partial charge in [0, 0.05) is 42.0 Å². The van der Waals surface area contributed by atoms with Crippen LogP contribution in [0.25, 0.3) is 0 Å². The Kier molecular flexibility index (Phi) is 9.37. The van der Waals surface area contributed by atoms with Crippen LogP contribution in [0.5, 0.6) is 0 Å². The maximum Gasteiger partial charge on any atom is 0.231 e. The van der Waals surface area contributed by atoms with Gasteiger partial charge in [-0.1, -0.05) is 45.9 Å². The Morgan fingerprint density at radius 1 is 1.05 bits per heavy atom. The molecule has 0 saturated heterocycles. The molecule has 1 fully saturated rings. The molecule has 1 amide bonds. The molecule has 226 valence electrons. The molecule has 1 aromatic heterocycles. The molecule has 4 aromatic rings. The number of anilines is 1. The molecular formula is C35H40F2N4OS. The van der Waals surface area contributed by atoms with Crippen molar-refractivity contribution in [3.63, 3.8) is 0 Å². The largest absolute Gasteiger partial charge is 0.337 e. The van der Waals surface area contributed by atoms with E-state index in [-0.39, 0.29) is 40.8 Å². The third kappa shape index (κ3) is 6.86. The van der Waals surface area contributed by atoms with E-state index in [4.69, 9.17) is 0 Å². The van der Waals surface area contributed by atoms with Crippen molar-refractivity contribution >= 4 is 23.5 Å². The predicted molar refractivity (Wildman–Crippen MR) is 170 cm³/mol. The number of amides is 1. The lowest BCUT2D eigenvalue weighted by molar-refractivity contribution is -0.120. The van der Waals surface area contributed by atoms with E-state index in [9.17, 15) is 13.6 Å². The summed E-state index contributed by atoms with van der Waals surface area (Å²) in [7, 11) is 1.94. The molecule has 43 heavy (non-hydrogen) atoms. The second kappa shape index (κ2) is 13.0. The summed E-state index contributed by atoms with van der Waals surface area (Å²) in [6.45, 7) is 8.89. The Hall–Kier alpha value is -3.49. The molecule has 8 heteroatoms. The molecule has 1 N–H and O–H groups in total. The summed E-state index contributed by atoms with van der Waals surface area (Å²) in [6.07, 6.45) is 6.35. The summed E-state index contributed by atoms with van der Waals surface area (Å²) < 4.78 is 32.5. The number of imidazole rings is 1. The van der Waals surface area contributed by atoms with Crippen LogP contribution in [0.15, 0.2) is 84.0 Å². The molecule has 3 aromatic carbocycles. The van der Waals surface area contributed by atoms with Gasteiger partial charge in [0.2, 0.25) is 5.91 Å². The smallest absolute Gasteiger partial charge is 0.231 e. The number of aromatic nitrogens is 2. The third-order valence-electron chi connectivity index (χ3n) is 8.53. The number of nitrogens with zero attached hydrogens (tertiary/aromatic N) is 3. The van der Waals surface area contributed by atoms with Crippen LogP contribution in [0.2, 0.25) is 0 Å². The molecule has 2 aliphatic carbocycles. The van der Waals surface area contributed by atoms with Crippen molar-refractivity contribution in [1.82, 2.24) is 14.3 Å². The molecule has 1 unspecified atom stereocenters. The van der Waals surface area contributed by atoms with Gasteiger partial charge in [-0.2, -0.15) is 0 Å². The molecule has 0 spiro atoms. The van der Waals surface area contributed by atoms with Crippen LogP contribution in [0.3, 0.4) is 0 Å². The molecule has 1 heterocycles. The van der Waals surface area contributed by atoms with Crippen molar-refractivity contribution in [2.75, 3.05) is 4.90 Å². The lowest BCUT2D eigenvalue weighted by atomic mass is 9.71. The molecule has 2 aliphatic rings. The quantitative estimate of drug-likeness (QED) is 0.206. The van der Waals surface area contributed by atoms with Crippen LogP contribution in [-0.2, 0) is 23.8 Å². The first kappa shape index (κ1) is 31.0. The van der Waals surface area contributed by atoms with E-state index >= 15 is 0 Å². The van der Waals surface area contributed by atoms with Gasteiger partial charge in [0.15, 0.2) is 0 Å². The third-order valence-corrected chi connectivity index (χ3v) is 9.44. The molecule has 3 atom stereocenters. The maximum atomic E-state index is 14.1. The van der Waals surface area contributed by atoms with Gasteiger partial charge in [-0.15, -0.1) is 0 Å². The zero-order chi connectivity index (χ0) is 30.7. The van der Waals surface area contributed by atoms with Gasteiger partial charge in [0.25, 0.3) is 0 Å². The number of aryl methyl sites for hydroxylation is 1. The fraction of sp³-hybridized carbons (Fsp3) is 0.371. The summed E-state index contributed by atoms with van der Waals surface area (Å²) in [4.78, 5) is 21.4. The number of carbonyl (C=O) groups excluding carboxylic acids is 1. The van der Waals surface area contributed by atoms with Crippen LogP contribution in [-0.4, -0.2) is 15.5 Å². The summed E-state index contributed by atoms with van der Waals surface area (Å²) in [5, 5.41) is 0. The Bertz CT molecular complexity index is 1550. The van der Waals surface area contributed by atoms with Gasteiger partial charge in [-0.3, -0.25) is 9.52 Å². The van der Waals surface area contributed by atoms with Gasteiger partial charge < -0.3 is 9.47 Å². The van der Waals surface area contributed by atoms with Gasteiger partial charge >= 0.3 is 0 Å². The van der Waals surface area contributed by atoms with Crippen molar-refractivity contribution in [3.8, 4) is 0 Å². The fourth-order valence-corrected chi connectivity index (χ4v) is 6.71. The van der Waals surface area contributed by atoms with Crippen LogP contribution in [0, 0.1) is 17.6 Å². The lowest BCUT2D eigenvalue weighted by Gasteiger charge is -2.38. The highest BCUT2D eigenvalue weighted by Crippen LogP contribution is 2.50. The van der Waals surface area contributed by atoms with E-state index in [0.29, 0.717) is 6.54 Å². The normalized spacial score (nSPS) is 20.0. The van der Waals surface area contributed by atoms with Crippen molar-refractivity contribution < 1.29 is 13.6 Å². The van der Waals surface area contributed by atoms with Gasteiger partial charge in [-0.05, 0) is 108 Å². The van der Waals surface area contributed by atoms with Gasteiger partial charge in [-0.25, -0.2) is 13.8 Å². The van der Waals surface area contributed by atoms with Crippen molar-refractivity contribution in [2.45, 2.75) is 75.8 Å². The number of rotatable bonds is 8. The van der Waals surface area contributed by atoms with E-state index in [1.54, 1.807) is 30.5 Å². The lowest BCUT2D eigenvalue weighted by Crippen LogP contribution is -2.35. The first-order chi connectivity index (χ1) is 20.7. The Labute approximate surface area is 257 Å². The molecule has 0 aliphatic heterocycles. The molecule has 0 bridgehead atoms. The number of hydrogen-bond acceptors (Lipinski definition) is 4. The number of nitrogens with one attached hydrogen (secondary N) is 1. The van der Waals surface area contributed by atoms with E-state index in [1.165, 1.54) is 47.3 Å². The Balaban J connectivity index is 0.00000180. The monoisotopic (exact) mass is 602 g/mol. The highest BCUT2D eigenvalue weighted by molar-refractivity contribution is 7.97. The van der Waals surface area contributed by atoms with Crippen molar-refractivity contribution in [2.24, 2.45) is 13.0 Å². The Morgan fingerprint density at radius 2 is 1.72 bits per heavy atom. The zero-order valence-corrected chi connectivity index (χ0v) is 26.3. The van der Waals surface area contributed by atoms with Crippen molar-refractivity contribution in [1.29, 1.82) is 0 Å². The minimum atomic E-state index is -0.272. The molecule has 6 rings (SSSR count). The number of carbonyl (C=O) groups is 1. The summed E-state index contributed by atoms with van der Waals surface area (Å²) >= 11 is 1.50. The summed E-state index contributed by atoms with van der Waals surface area (Å²) in [5.41, 5.74) is 4.29. The van der Waals surface area contributed by atoms with E-state index in [1.807, 2.05) is 36.6 Å². The predicted octanol–water partition coefficient (Wildman–Crippen LogP) is 8.47. The first-order valence-electron chi connectivity index (χ1n) is 15.0. The standard InChI is InChI=1S/C33H34F2N4OS.C2H6/c1-33(2)15-14-30(37-41-25-11-8-23(35)9-12-25)28-18-24(10-13-29(28)33)39(20-31-36-16-17-38(31)3)32(40)27-19-26(27)21-4-6-22(34)7-5-21;1-2/h4-13,16-18,26-27,30,37H,14-15,19-20H2,1-3H3;1-2H3/t26-,27+,30?;/m1./s1. The summed E-state index contributed by atoms with van der Waals surface area (Å²) in [5.74, 6) is 0.269. The molecule has 0 radical (unpaired) electrons. The van der Waals surface area contributed by atoms with Crippen LogP contribution >= 0.6 is 11.9 Å².